The lowest BCUT2D eigenvalue weighted by Gasteiger charge is -2.29. The van der Waals surface area contributed by atoms with Gasteiger partial charge in [-0.3, -0.25) is 14.5 Å². The molecule has 0 bridgehead atoms. The number of ether oxygens (including phenoxy) is 2. The van der Waals surface area contributed by atoms with Crippen molar-refractivity contribution in [3.8, 4) is 5.75 Å². The Morgan fingerprint density at radius 3 is 2.49 bits per heavy atom. The number of halogens is 2. The molecule has 2 aliphatic rings. The third kappa shape index (κ3) is 5.33. The molecule has 0 aromatic heterocycles. The fourth-order valence-electron chi connectivity index (χ4n) is 4.61. The van der Waals surface area contributed by atoms with Crippen molar-refractivity contribution in [1.82, 2.24) is 9.80 Å². The fourth-order valence-corrected chi connectivity index (χ4v) is 4.92. The number of hydrogen-bond donors (Lipinski definition) is 1. The lowest BCUT2D eigenvalue weighted by atomic mass is 9.94. The molecule has 0 aliphatic carbocycles. The Hall–Kier alpha value is -2.58. The van der Waals surface area contributed by atoms with Gasteiger partial charge in [-0.2, -0.15) is 0 Å². The molecule has 2 aromatic rings. The number of rotatable bonds is 7. The Morgan fingerprint density at radius 1 is 1.09 bits per heavy atom. The van der Waals surface area contributed by atoms with Gasteiger partial charge in [-0.15, -0.1) is 0 Å². The lowest BCUT2D eigenvalue weighted by molar-refractivity contribution is -0.140. The number of morpholine rings is 1. The van der Waals surface area contributed by atoms with E-state index >= 15 is 0 Å². The van der Waals surface area contributed by atoms with E-state index in [1.54, 1.807) is 43.5 Å². The zero-order chi connectivity index (χ0) is 25.1. The highest BCUT2D eigenvalue weighted by molar-refractivity contribution is 6.46. The van der Waals surface area contributed by atoms with Crippen molar-refractivity contribution in [2.45, 2.75) is 19.4 Å². The number of amides is 1. The van der Waals surface area contributed by atoms with Crippen molar-refractivity contribution in [2.75, 3.05) is 46.5 Å². The number of nitrogens with zero attached hydrogens (tertiary/aromatic N) is 2. The standard InChI is InChI=1S/C26H28Cl2N2O5/c1-16-14-18(5-7-21(16)34-2)24(31)22-23(17-4-6-19(27)20(28)15-17)30(26(33)25(22)32)9-3-8-29-10-12-35-13-11-29/h4-7,14-15,23,31H,3,8-13H2,1-2H3/b24-22+. The number of hydrogen-bond acceptors (Lipinski definition) is 6. The van der Waals surface area contributed by atoms with Crippen molar-refractivity contribution < 1.29 is 24.2 Å². The Balaban J connectivity index is 1.71. The maximum atomic E-state index is 13.2. The Kier molecular flexibility index (Phi) is 8.02. The van der Waals surface area contributed by atoms with Crippen molar-refractivity contribution in [3.63, 3.8) is 0 Å². The molecule has 2 heterocycles. The summed E-state index contributed by atoms with van der Waals surface area (Å²) in [7, 11) is 1.56. The summed E-state index contributed by atoms with van der Waals surface area (Å²) in [4.78, 5) is 30.2. The summed E-state index contributed by atoms with van der Waals surface area (Å²) in [6.07, 6.45) is 0.673. The molecule has 9 heteroatoms. The van der Waals surface area contributed by atoms with Gasteiger partial charge in [0.1, 0.15) is 11.5 Å². The molecule has 0 spiro atoms. The lowest BCUT2D eigenvalue weighted by Crippen LogP contribution is -2.38. The molecule has 1 N–H and O–H groups in total. The number of ketones is 1. The van der Waals surface area contributed by atoms with E-state index in [1.165, 1.54) is 4.90 Å². The highest BCUT2D eigenvalue weighted by Crippen LogP contribution is 2.41. The van der Waals surface area contributed by atoms with Crippen LogP contribution in [0.4, 0.5) is 0 Å². The summed E-state index contributed by atoms with van der Waals surface area (Å²) in [6, 6.07) is 9.33. The highest BCUT2D eigenvalue weighted by atomic mass is 35.5. The Bertz CT molecular complexity index is 1160. The van der Waals surface area contributed by atoms with E-state index in [0.717, 1.165) is 25.2 Å². The molecule has 2 aliphatic heterocycles. The maximum Gasteiger partial charge on any atom is 0.295 e. The molecule has 186 valence electrons. The molecule has 4 rings (SSSR count). The number of aliphatic hydroxyl groups is 1. The van der Waals surface area contributed by atoms with Gasteiger partial charge in [-0.25, -0.2) is 0 Å². The minimum absolute atomic E-state index is 0.0318. The van der Waals surface area contributed by atoms with E-state index in [4.69, 9.17) is 32.7 Å². The molecule has 0 saturated carbocycles. The second kappa shape index (κ2) is 11.0. The predicted octanol–water partition coefficient (Wildman–Crippen LogP) is 4.45. The van der Waals surface area contributed by atoms with E-state index < -0.39 is 17.7 Å². The van der Waals surface area contributed by atoms with E-state index in [9.17, 15) is 14.7 Å². The van der Waals surface area contributed by atoms with Crippen molar-refractivity contribution in [2.24, 2.45) is 0 Å². The van der Waals surface area contributed by atoms with E-state index in [0.29, 0.717) is 53.1 Å². The van der Waals surface area contributed by atoms with Gasteiger partial charge in [0.25, 0.3) is 11.7 Å². The Morgan fingerprint density at radius 2 is 1.83 bits per heavy atom. The number of carbonyl (C=O) groups is 2. The molecule has 2 fully saturated rings. The van der Waals surface area contributed by atoms with Crippen LogP contribution in [0.1, 0.15) is 29.2 Å². The minimum Gasteiger partial charge on any atom is -0.507 e. The summed E-state index contributed by atoms with van der Waals surface area (Å²) in [5, 5.41) is 11.9. The van der Waals surface area contributed by atoms with E-state index in [2.05, 4.69) is 4.90 Å². The average Bonchev–Trinajstić information content (AvgIpc) is 3.11. The van der Waals surface area contributed by atoms with Crippen LogP contribution in [0.15, 0.2) is 42.0 Å². The van der Waals surface area contributed by atoms with Crippen molar-refractivity contribution in [3.05, 3.63) is 68.7 Å². The number of aliphatic hydroxyl groups excluding tert-OH is 1. The summed E-state index contributed by atoms with van der Waals surface area (Å²) >= 11 is 12.4. The van der Waals surface area contributed by atoms with Gasteiger partial charge in [0.05, 0.1) is 42.0 Å². The first-order valence-corrected chi connectivity index (χ1v) is 12.3. The smallest absolute Gasteiger partial charge is 0.295 e. The highest BCUT2D eigenvalue weighted by Gasteiger charge is 2.46. The normalized spacial score (nSPS) is 20.5. The summed E-state index contributed by atoms with van der Waals surface area (Å²) < 4.78 is 10.7. The van der Waals surface area contributed by atoms with Gasteiger partial charge in [-0.05, 0) is 54.8 Å². The zero-order valence-corrected chi connectivity index (χ0v) is 21.2. The summed E-state index contributed by atoms with van der Waals surface area (Å²) in [5.74, 6) is -0.944. The molecule has 1 atom stereocenters. The number of methoxy groups -OCH3 is 1. The monoisotopic (exact) mass is 518 g/mol. The number of likely N-dealkylation sites (tertiary alicyclic amines) is 1. The SMILES string of the molecule is COc1ccc(/C(O)=C2\C(=O)C(=O)N(CCCN3CCOCC3)C2c2ccc(Cl)c(Cl)c2)cc1C. The number of aryl methyl sites for hydroxylation is 1. The van der Waals surface area contributed by atoms with Crippen LogP contribution in [0.2, 0.25) is 10.0 Å². The van der Waals surface area contributed by atoms with Crippen molar-refractivity contribution >= 4 is 40.7 Å². The van der Waals surface area contributed by atoms with Crippen LogP contribution >= 0.6 is 23.2 Å². The molecule has 7 nitrogen and oxygen atoms in total. The fraction of sp³-hybridized carbons (Fsp3) is 0.385. The number of benzene rings is 2. The van der Waals surface area contributed by atoms with Gasteiger partial charge in [-0.1, -0.05) is 29.3 Å². The average molecular weight is 519 g/mol. The van der Waals surface area contributed by atoms with Gasteiger partial charge in [0.15, 0.2) is 0 Å². The maximum absolute atomic E-state index is 13.2. The summed E-state index contributed by atoms with van der Waals surface area (Å²) in [6.45, 7) is 6.03. The van der Waals surface area contributed by atoms with Crippen LogP contribution in [0.25, 0.3) is 5.76 Å². The topological polar surface area (TPSA) is 79.3 Å². The molecule has 2 aromatic carbocycles. The van der Waals surface area contributed by atoms with Crippen LogP contribution in [0.3, 0.4) is 0 Å². The zero-order valence-electron chi connectivity index (χ0n) is 19.7. The van der Waals surface area contributed by atoms with Crippen LogP contribution in [-0.4, -0.2) is 73.1 Å². The molecule has 0 radical (unpaired) electrons. The van der Waals surface area contributed by atoms with E-state index in [-0.39, 0.29) is 11.3 Å². The van der Waals surface area contributed by atoms with Crippen LogP contribution < -0.4 is 4.74 Å². The first-order chi connectivity index (χ1) is 16.8. The van der Waals surface area contributed by atoms with Gasteiger partial charge in [0.2, 0.25) is 0 Å². The molecule has 2 saturated heterocycles. The van der Waals surface area contributed by atoms with Gasteiger partial charge in [0, 0.05) is 31.7 Å². The van der Waals surface area contributed by atoms with Crippen LogP contribution in [-0.2, 0) is 14.3 Å². The number of Topliss-reactive ketones (excluding diaryl/α,β-unsaturated/α-hetero) is 1. The first kappa shape index (κ1) is 25.5. The second-order valence-electron chi connectivity index (χ2n) is 8.66. The van der Waals surface area contributed by atoms with E-state index in [1.807, 2.05) is 6.92 Å². The molecular weight excluding hydrogens is 491 g/mol. The van der Waals surface area contributed by atoms with Gasteiger partial charge >= 0.3 is 0 Å². The quantitative estimate of drug-likeness (QED) is 0.331. The minimum atomic E-state index is -0.781. The first-order valence-electron chi connectivity index (χ1n) is 11.5. The van der Waals surface area contributed by atoms with Gasteiger partial charge < -0.3 is 19.5 Å². The Labute approximate surface area is 214 Å². The third-order valence-corrected chi connectivity index (χ3v) is 7.18. The third-order valence-electron chi connectivity index (χ3n) is 6.44. The van der Waals surface area contributed by atoms with Crippen molar-refractivity contribution in [1.29, 1.82) is 0 Å². The summed E-state index contributed by atoms with van der Waals surface area (Å²) in [5.41, 5.74) is 1.86. The second-order valence-corrected chi connectivity index (χ2v) is 9.47. The van der Waals surface area contributed by atoms with Crippen LogP contribution in [0.5, 0.6) is 5.75 Å². The largest absolute Gasteiger partial charge is 0.507 e. The molecule has 1 unspecified atom stereocenters. The van der Waals surface area contributed by atoms with Crippen LogP contribution in [0, 0.1) is 6.92 Å². The molecular formula is C26H28Cl2N2O5. The molecule has 1 amide bonds. The molecule has 35 heavy (non-hydrogen) atoms. The predicted molar refractivity (Wildman–Crippen MR) is 135 cm³/mol. The number of carbonyl (C=O) groups excluding carboxylic acids is 2.